The first-order valence-corrected chi connectivity index (χ1v) is 10.2. The third kappa shape index (κ3) is 4.40. The number of carbonyl (C=O) groups is 2. The van der Waals surface area contributed by atoms with Crippen molar-refractivity contribution in [1.29, 1.82) is 0 Å². The predicted octanol–water partition coefficient (Wildman–Crippen LogP) is 1.60. The number of carbonyl (C=O) groups excluding carboxylic acids is 2. The number of hydrogen-bond acceptors (Lipinski definition) is 5. The molecular weight excluding hydrogens is 342 g/mol. The lowest BCUT2D eigenvalue weighted by Gasteiger charge is -2.35. The second kappa shape index (κ2) is 7.84. The average molecular weight is 371 g/mol. The Kier molecular flexibility index (Phi) is 5.29. The Hall–Kier alpha value is -2.15. The fourth-order valence-corrected chi connectivity index (χ4v) is 4.16. The lowest BCUT2D eigenvalue weighted by molar-refractivity contribution is -0.132. The molecule has 146 valence electrons. The molecule has 1 saturated heterocycles. The smallest absolute Gasteiger partial charge is 0.225 e. The minimum absolute atomic E-state index is 0.0131. The summed E-state index contributed by atoms with van der Waals surface area (Å²) < 4.78 is 0. The predicted molar refractivity (Wildman–Crippen MR) is 104 cm³/mol. The van der Waals surface area contributed by atoms with Gasteiger partial charge in [0.25, 0.3) is 0 Å². The summed E-state index contributed by atoms with van der Waals surface area (Å²) in [5, 5.41) is 2.93. The van der Waals surface area contributed by atoms with E-state index in [1.165, 1.54) is 0 Å². The molecule has 0 unspecified atom stereocenters. The summed E-state index contributed by atoms with van der Waals surface area (Å²) in [6, 6.07) is 3.99. The van der Waals surface area contributed by atoms with Crippen molar-refractivity contribution in [1.82, 2.24) is 9.88 Å². The van der Waals surface area contributed by atoms with Gasteiger partial charge in [-0.05, 0) is 43.7 Å². The summed E-state index contributed by atoms with van der Waals surface area (Å²) in [4.78, 5) is 33.0. The topological polar surface area (TPSA) is 91.6 Å². The zero-order valence-electron chi connectivity index (χ0n) is 15.8. The number of pyridine rings is 1. The van der Waals surface area contributed by atoms with Crippen molar-refractivity contribution >= 4 is 23.3 Å². The van der Waals surface area contributed by atoms with E-state index in [1.54, 1.807) is 6.20 Å². The van der Waals surface area contributed by atoms with E-state index in [9.17, 15) is 9.59 Å². The summed E-state index contributed by atoms with van der Waals surface area (Å²) in [6.07, 6.45) is 7.49. The fraction of sp³-hybridized carbons (Fsp3) is 0.650. The quantitative estimate of drug-likeness (QED) is 0.820. The van der Waals surface area contributed by atoms with Gasteiger partial charge in [-0.2, -0.15) is 0 Å². The van der Waals surface area contributed by atoms with E-state index in [0.717, 1.165) is 69.8 Å². The normalized spacial score (nSPS) is 25.5. The average Bonchev–Trinajstić information content (AvgIpc) is 3.46. The molecule has 3 N–H and O–H groups in total. The van der Waals surface area contributed by atoms with E-state index >= 15 is 0 Å². The number of nitrogens with one attached hydrogen (secondary N) is 1. The summed E-state index contributed by atoms with van der Waals surface area (Å²) in [6.45, 7) is 3.13. The fourth-order valence-electron chi connectivity index (χ4n) is 4.16. The van der Waals surface area contributed by atoms with Gasteiger partial charge in [-0.3, -0.25) is 9.59 Å². The molecule has 0 bridgehead atoms. The van der Waals surface area contributed by atoms with Crippen LogP contribution in [0, 0.1) is 11.8 Å². The summed E-state index contributed by atoms with van der Waals surface area (Å²) in [5.41, 5.74) is 6.77. The van der Waals surface area contributed by atoms with Gasteiger partial charge in [0.2, 0.25) is 11.8 Å². The van der Waals surface area contributed by atoms with E-state index in [1.807, 2.05) is 17.0 Å². The molecule has 2 atom stereocenters. The summed E-state index contributed by atoms with van der Waals surface area (Å²) in [5.74, 6) is 1.81. The van der Waals surface area contributed by atoms with Crippen LogP contribution in [0.15, 0.2) is 18.3 Å². The van der Waals surface area contributed by atoms with E-state index in [0.29, 0.717) is 18.2 Å². The number of rotatable bonds is 5. The molecule has 7 nitrogen and oxygen atoms in total. The Morgan fingerprint density at radius 2 is 1.89 bits per heavy atom. The van der Waals surface area contributed by atoms with Crippen LogP contribution in [-0.4, -0.2) is 53.9 Å². The molecule has 1 aromatic heterocycles. The van der Waals surface area contributed by atoms with E-state index in [2.05, 4.69) is 15.2 Å². The Morgan fingerprint density at radius 1 is 1.11 bits per heavy atom. The number of aromatic nitrogens is 1. The van der Waals surface area contributed by atoms with E-state index in [-0.39, 0.29) is 17.9 Å². The van der Waals surface area contributed by atoms with Gasteiger partial charge >= 0.3 is 0 Å². The van der Waals surface area contributed by atoms with Crippen LogP contribution in [-0.2, 0) is 9.59 Å². The van der Waals surface area contributed by atoms with Gasteiger partial charge in [0, 0.05) is 44.6 Å². The van der Waals surface area contributed by atoms with Crippen LogP contribution in [0.25, 0.3) is 0 Å². The second-order valence-corrected chi connectivity index (χ2v) is 8.10. The standard InChI is InChI=1S/C20H29N5O2/c21-17-3-1-2-15(17)12-19(26)23-16-6-7-18(22-13-16)24-8-10-25(11-9-24)20(27)14-4-5-14/h6-7,13-15,17H,1-5,8-12,21H2,(H,23,26)/t15-,17+/m0/s1. The molecule has 7 heteroatoms. The van der Waals surface area contributed by atoms with Crippen LogP contribution in [0.1, 0.15) is 38.5 Å². The van der Waals surface area contributed by atoms with Crippen LogP contribution in [0.3, 0.4) is 0 Å². The van der Waals surface area contributed by atoms with Gasteiger partial charge in [-0.25, -0.2) is 4.98 Å². The number of nitrogens with zero attached hydrogens (tertiary/aromatic N) is 3. The first kappa shape index (κ1) is 18.2. The molecule has 2 amide bonds. The van der Waals surface area contributed by atoms with Gasteiger partial charge in [0.15, 0.2) is 0 Å². The van der Waals surface area contributed by atoms with Gasteiger partial charge < -0.3 is 20.9 Å². The van der Waals surface area contributed by atoms with Gasteiger partial charge in [-0.15, -0.1) is 0 Å². The molecular formula is C20H29N5O2. The molecule has 4 rings (SSSR count). The van der Waals surface area contributed by atoms with Crippen LogP contribution in [0.5, 0.6) is 0 Å². The molecule has 2 saturated carbocycles. The number of anilines is 2. The first-order chi connectivity index (χ1) is 13.1. The van der Waals surface area contributed by atoms with Crippen LogP contribution in [0.4, 0.5) is 11.5 Å². The van der Waals surface area contributed by atoms with Crippen molar-refractivity contribution < 1.29 is 9.59 Å². The molecule has 3 aliphatic rings. The van der Waals surface area contributed by atoms with Gasteiger partial charge in [0.1, 0.15) is 5.82 Å². The lowest BCUT2D eigenvalue weighted by Crippen LogP contribution is -2.49. The van der Waals surface area contributed by atoms with Crippen molar-refractivity contribution in [3.05, 3.63) is 18.3 Å². The zero-order valence-corrected chi connectivity index (χ0v) is 15.8. The third-order valence-corrected chi connectivity index (χ3v) is 6.04. The monoisotopic (exact) mass is 371 g/mol. The molecule has 0 spiro atoms. The molecule has 2 heterocycles. The number of nitrogens with two attached hydrogens (primary N) is 1. The lowest BCUT2D eigenvalue weighted by atomic mass is 10.00. The molecule has 1 aromatic rings. The van der Waals surface area contributed by atoms with Crippen LogP contribution >= 0.6 is 0 Å². The van der Waals surface area contributed by atoms with E-state index in [4.69, 9.17) is 5.73 Å². The first-order valence-electron chi connectivity index (χ1n) is 10.2. The summed E-state index contributed by atoms with van der Waals surface area (Å²) >= 11 is 0. The molecule has 3 fully saturated rings. The zero-order chi connectivity index (χ0) is 18.8. The molecule has 0 radical (unpaired) electrons. The van der Waals surface area contributed by atoms with Gasteiger partial charge in [-0.1, -0.05) is 6.42 Å². The number of piperazine rings is 1. The van der Waals surface area contributed by atoms with Crippen molar-refractivity contribution in [2.45, 2.75) is 44.6 Å². The highest BCUT2D eigenvalue weighted by molar-refractivity contribution is 5.90. The van der Waals surface area contributed by atoms with E-state index < -0.39 is 0 Å². The highest BCUT2D eigenvalue weighted by Gasteiger charge is 2.34. The van der Waals surface area contributed by atoms with Gasteiger partial charge in [0.05, 0.1) is 11.9 Å². The van der Waals surface area contributed by atoms with Crippen LogP contribution in [0.2, 0.25) is 0 Å². The Labute approximate surface area is 160 Å². The second-order valence-electron chi connectivity index (χ2n) is 8.10. The van der Waals surface area contributed by atoms with Crippen LogP contribution < -0.4 is 16.0 Å². The number of amides is 2. The minimum Gasteiger partial charge on any atom is -0.353 e. The molecule has 0 aromatic carbocycles. The maximum atomic E-state index is 12.2. The van der Waals surface area contributed by atoms with Crippen molar-refractivity contribution in [3.63, 3.8) is 0 Å². The highest BCUT2D eigenvalue weighted by Crippen LogP contribution is 2.31. The Morgan fingerprint density at radius 3 is 2.48 bits per heavy atom. The van der Waals surface area contributed by atoms with Crippen molar-refractivity contribution in [3.8, 4) is 0 Å². The maximum Gasteiger partial charge on any atom is 0.225 e. The Balaban J connectivity index is 1.26. The molecule has 2 aliphatic carbocycles. The largest absolute Gasteiger partial charge is 0.353 e. The van der Waals surface area contributed by atoms with Crippen molar-refractivity contribution in [2.75, 3.05) is 36.4 Å². The minimum atomic E-state index is 0.0131. The highest BCUT2D eigenvalue weighted by atomic mass is 16.2. The maximum absolute atomic E-state index is 12.2. The Bertz CT molecular complexity index is 680. The molecule has 27 heavy (non-hydrogen) atoms. The molecule has 1 aliphatic heterocycles. The number of hydrogen-bond donors (Lipinski definition) is 2. The summed E-state index contributed by atoms with van der Waals surface area (Å²) in [7, 11) is 0. The third-order valence-electron chi connectivity index (χ3n) is 6.04. The SMILES string of the molecule is N[C@@H]1CCC[C@H]1CC(=O)Nc1ccc(N2CCN(C(=O)C3CC3)CC2)nc1. The van der Waals surface area contributed by atoms with Crippen molar-refractivity contribution in [2.24, 2.45) is 17.6 Å².